The number of halogens is 3. The lowest BCUT2D eigenvalue weighted by molar-refractivity contribution is -0.274. The Labute approximate surface area is 190 Å². The molecule has 172 valence electrons. The van der Waals surface area contributed by atoms with E-state index >= 15 is 0 Å². The Morgan fingerprint density at radius 1 is 1.06 bits per heavy atom. The van der Waals surface area contributed by atoms with Crippen LogP contribution in [0.15, 0.2) is 60.9 Å². The second kappa shape index (κ2) is 7.04. The number of hydrogen-bond donors (Lipinski definition) is 1. The molecule has 0 amide bonds. The summed E-state index contributed by atoms with van der Waals surface area (Å²) >= 11 is 0. The summed E-state index contributed by atoms with van der Waals surface area (Å²) < 4.78 is 48.1. The lowest BCUT2D eigenvalue weighted by Crippen LogP contribution is -2.56. The Morgan fingerprint density at radius 3 is 2.56 bits per heavy atom. The number of carbonyl (C=O) groups excluding carboxylic acids is 1. The maximum Gasteiger partial charge on any atom is 0.573 e. The summed E-state index contributed by atoms with van der Waals surface area (Å²) in [5.74, 6) is -1.13. The number of aliphatic hydroxyl groups is 1. The van der Waals surface area contributed by atoms with Gasteiger partial charge in [0.1, 0.15) is 18.0 Å². The molecule has 2 aromatic carbocycles. The number of nitrogens with zero attached hydrogens (tertiary/aromatic N) is 3. The zero-order valence-corrected chi connectivity index (χ0v) is 17.4. The highest BCUT2D eigenvalue weighted by molar-refractivity contribution is 6.14. The number of cyclic esters (lactones) is 1. The van der Waals surface area contributed by atoms with Crippen LogP contribution in [0.1, 0.15) is 5.56 Å². The predicted molar refractivity (Wildman–Crippen MR) is 116 cm³/mol. The predicted octanol–water partition coefficient (Wildman–Crippen LogP) is 4.03. The average molecular weight is 467 g/mol. The molecule has 4 aromatic rings. The SMILES string of the molecule is O=C1OCC2(O)Cc3c(c4ncccc4c4ncccc34)N(c3cccc(OC(F)(F)F)c3)C12. The molecule has 2 aromatic heterocycles. The van der Waals surface area contributed by atoms with Crippen molar-refractivity contribution in [1.29, 1.82) is 0 Å². The monoisotopic (exact) mass is 467 g/mol. The van der Waals surface area contributed by atoms with Crippen LogP contribution in [0.25, 0.3) is 21.8 Å². The van der Waals surface area contributed by atoms with Gasteiger partial charge < -0.3 is 19.5 Å². The number of esters is 1. The molecule has 2 unspecified atom stereocenters. The molecule has 34 heavy (non-hydrogen) atoms. The van der Waals surface area contributed by atoms with Crippen molar-refractivity contribution in [2.45, 2.75) is 24.4 Å². The number of rotatable bonds is 2. The molecular formula is C24H16F3N3O4. The van der Waals surface area contributed by atoms with E-state index in [0.717, 1.165) is 5.39 Å². The maximum absolute atomic E-state index is 12.9. The molecule has 4 heterocycles. The number of fused-ring (bicyclic) bond motifs is 7. The van der Waals surface area contributed by atoms with Crippen molar-refractivity contribution in [2.75, 3.05) is 11.5 Å². The molecule has 1 fully saturated rings. The highest BCUT2D eigenvalue weighted by Gasteiger charge is 2.57. The van der Waals surface area contributed by atoms with Gasteiger partial charge in [0.25, 0.3) is 0 Å². The fourth-order valence-electron chi connectivity index (χ4n) is 4.97. The van der Waals surface area contributed by atoms with Crippen molar-refractivity contribution >= 4 is 39.1 Å². The molecule has 0 spiro atoms. The lowest BCUT2D eigenvalue weighted by atomic mass is 9.80. The summed E-state index contributed by atoms with van der Waals surface area (Å²) in [7, 11) is 0. The van der Waals surface area contributed by atoms with E-state index in [9.17, 15) is 23.1 Å². The van der Waals surface area contributed by atoms with Gasteiger partial charge in [-0.05, 0) is 35.9 Å². The zero-order chi connectivity index (χ0) is 23.7. The molecule has 6 rings (SSSR count). The van der Waals surface area contributed by atoms with Gasteiger partial charge in [-0.2, -0.15) is 0 Å². The minimum Gasteiger partial charge on any atom is -0.461 e. The third-order valence-corrected chi connectivity index (χ3v) is 6.21. The molecule has 1 saturated heterocycles. The smallest absolute Gasteiger partial charge is 0.461 e. The Balaban J connectivity index is 1.68. The van der Waals surface area contributed by atoms with Gasteiger partial charge in [-0.15, -0.1) is 13.2 Å². The van der Waals surface area contributed by atoms with Gasteiger partial charge in [-0.1, -0.05) is 12.1 Å². The minimum atomic E-state index is -4.89. The maximum atomic E-state index is 12.9. The molecule has 0 saturated carbocycles. The number of alkyl halides is 3. The van der Waals surface area contributed by atoms with Gasteiger partial charge in [0, 0.05) is 41.3 Å². The first-order chi connectivity index (χ1) is 16.3. The van der Waals surface area contributed by atoms with Crippen molar-refractivity contribution in [1.82, 2.24) is 9.97 Å². The molecule has 2 aliphatic rings. The van der Waals surface area contributed by atoms with Gasteiger partial charge in [0.05, 0.1) is 16.7 Å². The summed E-state index contributed by atoms with van der Waals surface area (Å²) in [6.45, 7) is -0.243. The first kappa shape index (κ1) is 20.7. The second-order valence-electron chi connectivity index (χ2n) is 8.33. The number of ether oxygens (including phenoxy) is 2. The second-order valence-corrected chi connectivity index (χ2v) is 8.33. The van der Waals surface area contributed by atoms with E-state index < -0.39 is 29.7 Å². The van der Waals surface area contributed by atoms with Gasteiger partial charge in [-0.25, -0.2) is 4.79 Å². The van der Waals surface area contributed by atoms with Crippen molar-refractivity contribution in [3.8, 4) is 5.75 Å². The number of carbonyl (C=O) groups is 1. The summed E-state index contributed by atoms with van der Waals surface area (Å²) in [4.78, 5) is 23.4. The van der Waals surface area contributed by atoms with Crippen LogP contribution in [0.5, 0.6) is 5.75 Å². The van der Waals surface area contributed by atoms with Crippen molar-refractivity contribution in [3.63, 3.8) is 0 Å². The van der Waals surface area contributed by atoms with Crippen LogP contribution in [0.2, 0.25) is 0 Å². The Hall–Kier alpha value is -3.92. The fraction of sp³-hybridized carbons (Fsp3) is 0.208. The van der Waals surface area contributed by atoms with E-state index in [0.29, 0.717) is 27.7 Å². The van der Waals surface area contributed by atoms with Crippen LogP contribution in [-0.4, -0.2) is 45.7 Å². The number of anilines is 2. The van der Waals surface area contributed by atoms with E-state index in [4.69, 9.17) is 4.74 Å². The lowest BCUT2D eigenvalue weighted by Gasteiger charge is -2.43. The van der Waals surface area contributed by atoms with E-state index in [1.54, 1.807) is 30.6 Å². The van der Waals surface area contributed by atoms with Crippen LogP contribution in [0.4, 0.5) is 24.5 Å². The molecular weight excluding hydrogens is 451 g/mol. The molecule has 7 nitrogen and oxygen atoms in total. The summed E-state index contributed by atoms with van der Waals surface area (Å²) in [6, 6.07) is 11.3. The molecule has 0 radical (unpaired) electrons. The standard InChI is InChI=1S/C24H16F3N3O4/c25-24(26,27)34-14-5-1-4-13(10-14)30-20-17(11-23(32)12-33-22(31)21(23)30)15-6-2-8-28-18(15)16-7-3-9-29-19(16)20/h1-10,21,32H,11-12H2. The molecule has 2 atom stereocenters. The summed E-state index contributed by atoms with van der Waals surface area (Å²) in [5, 5.41) is 13.0. The molecule has 2 aliphatic heterocycles. The van der Waals surface area contributed by atoms with Crippen LogP contribution < -0.4 is 9.64 Å². The third-order valence-electron chi connectivity index (χ3n) is 6.21. The fourth-order valence-corrected chi connectivity index (χ4v) is 4.97. The van der Waals surface area contributed by atoms with Gasteiger partial charge in [0.2, 0.25) is 0 Å². The van der Waals surface area contributed by atoms with Crippen LogP contribution in [0.3, 0.4) is 0 Å². The first-order valence-electron chi connectivity index (χ1n) is 10.4. The average Bonchev–Trinajstić information content (AvgIpc) is 3.11. The summed E-state index contributed by atoms with van der Waals surface area (Å²) in [6.07, 6.45) is -1.56. The van der Waals surface area contributed by atoms with Crippen molar-refractivity contribution in [3.05, 3.63) is 66.5 Å². The van der Waals surface area contributed by atoms with Crippen LogP contribution >= 0.6 is 0 Å². The molecule has 10 heteroatoms. The van der Waals surface area contributed by atoms with E-state index in [-0.39, 0.29) is 18.7 Å². The van der Waals surface area contributed by atoms with Gasteiger partial charge >= 0.3 is 12.3 Å². The van der Waals surface area contributed by atoms with E-state index in [1.807, 2.05) is 12.1 Å². The Morgan fingerprint density at radius 2 is 1.79 bits per heavy atom. The zero-order valence-electron chi connectivity index (χ0n) is 17.4. The topological polar surface area (TPSA) is 84.8 Å². The highest BCUT2D eigenvalue weighted by atomic mass is 19.4. The van der Waals surface area contributed by atoms with E-state index in [2.05, 4.69) is 14.7 Å². The summed E-state index contributed by atoms with van der Waals surface area (Å²) in [5.41, 5.74) is 0.983. The van der Waals surface area contributed by atoms with Crippen LogP contribution in [0, 0.1) is 0 Å². The quantitative estimate of drug-likeness (QED) is 0.352. The Bertz CT molecular complexity index is 1480. The molecule has 0 bridgehead atoms. The molecule has 0 aliphatic carbocycles. The number of pyridine rings is 2. The largest absolute Gasteiger partial charge is 0.573 e. The highest BCUT2D eigenvalue weighted by Crippen LogP contribution is 2.49. The van der Waals surface area contributed by atoms with E-state index in [1.165, 1.54) is 23.1 Å². The van der Waals surface area contributed by atoms with Crippen molar-refractivity contribution < 1.29 is 32.5 Å². The first-order valence-corrected chi connectivity index (χ1v) is 10.4. The normalized spacial score (nSPS) is 21.9. The minimum absolute atomic E-state index is 0.0860. The van der Waals surface area contributed by atoms with Gasteiger partial charge in [-0.3, -0.25) is 9.97 Å². The molecule has 1 N–H and O–H groups in total. The van der Waals surface area contributed by atoms with Crippen LogP contribution in [-0.2, 0) is 16.0 Å². The number of aromatic nitrogens is 2. The number of benzene rings is 2. The van der Waals surface area contributed by atoms with Gasteiger partial charge in [0.15, 0.2) is 6.04 Å². The number of hydrogen-bond acceptors (Lipinski definition) is 7. The third kappa shape index (κ3) is 3.06. The Kier molecular flexibility index (Phi) is 4.28. The van der Waals surface area contributed by atoms with Crippen molar-refractivity contribution in [2.24, 2.45) is 0 Å².